The van der Waals surface area contributed by atoms with E-state index < -0.39 is 0 Å². The summed E-state index contributed by atoms with van der Waals surface area (Å²) in [6.45, 7) is 4.20. The maximum atomic E-state index is 12.6. The molecule has 1 aliphatic carbocycles. The molecule has 1 saturated carbocycles. The standard InChI is InChI=1S/C25H33N7O/c1-31-12-14-32(15-13-31)19-8-6-18(7-9-19)28-24-23-17(10-11-27-25(23)33)16-22(30-24)29-21-5-3-2-4-20(21)26/h6-11,16,20-21H,2-5,12-15,26H2,1H3,(H,27,33)(H2,28,29,30)/t20-,21-/m0/s1. The van der Waals surface area contributed by atoms with E-state index in [0.29, 0.717) is 11.2 Å². The lowest BCUT2D eigenvalue weighted by Crippen LogP contribution is -2.44. The molecule has 3 heterocycles. The normalized spacial score (nSPS) is 21.8. The van der Waals surface area contributed by atoms with Gasteiger partial charge in [-0.05, 0) is 61.7 Å². The molecular formula is C25H33N7O. The van der Waals surface area contributed by atoms with Crippen LogP contribution in [0.15, 0.2) is 47.4 Å². The summed E-state index contributed by atoms with van der Waals surface area (Å²) in [6.07, 6.45) is 6.08. The molecule has 1 aliphatic heterocycles. The number of nitrogens with one attached hydrogen (secondary N) is 3. The zero-order valence-corrected chi connectivity index (χ0v) is 19.2. The number of nitrogens with two attached hydrogens (primary N) is 1. The zero-order chi connectivity index (χ0) is 22.8. The number of pyridine rings is 2. The van der Waals surface area contributed by atoms with Gasteiger partial charge in [-0.3, -0.25) is 4.79 Å². The van der Waals surface area contributed by atoms with E-state index in [0.717, 1.165) is 55.9 Å². The van der Waals surface area contributed by atoms with Crippen LogP contribution < -0.4 is 26.8 Å². The highest BCUT2D eigenvalue weighted by molar-refractivity contribution is 5.94. The molecule has 0 spiro atoms. The fourth-order valence-corrected chi connectivity index (χ4v) is 4.86. The molecular weight excluding hydrogens is 414 g/mol. The molecule has 8 heteroatoms. The minimum Gasteiger partial charge on any atom is -0.369 e. The highest BCUT2D eigenvalue weighted by Crippen LogP contribution is 2.28. The zero-order valence-electron chi connectivity index (χ0n) is 19.2. The molecule has 1 aromatic carbocycles. The first kappa shape index (κ1) is 21.7. The number of hydrogen-bond acceptors (Lipinski definition) is 7. The van der Waals surface area contributed by atoms with Crippen molar-refractivity contribution >= 4 is 33.8 Å². The number of anilines is 4. The molecule has 0 amide bonds. The van der Waals surface area contributed by atoms with Crippen LogP contribution >= 0.6 is 0 Å². The Morgan fingerprint density at radius 1 is 1.06 bits per heavy atom. The minimum atomic E-state index is -0.155. The third-order valence-corrected chi connectivity index (χ3v) is 6.91. The van der Waals surface area contributed by atoms with Crippen LogP contribution in [0.2, 0.25) is 0 Å². The van der Waals surface area contributed by atoms with Crippen molar-refractivity contribution in [3.8, 4) is 0 Å². The fraction of sp³-hybridized carbons (Fsp3) is 0.440. The van der Waals surface area contributed by atoms with Gasteiger partial charge < -0.3 is 31.2 Å². The van der Waals surface area contributed by atoms with Gasteiger partial charge in [-0.25, -0.2) is 4.98 Å². The van der Waals surface area contributed by atoms with Gasteiger partial charge in [0, 0.05) is 55.8 Å². The van der Waals surface area contributed by atoms with Crippen LogP contribution in [-0.2, 0) is 0 Å². The smallest absolute Gasteiger partial charge is 0.259 e. The molecule has 2 aliphatic rings. The number of hydrogen-bond donors (Lipinski definition) is 4. The molecule has 1 saturated heterocycles. The first-order chi connectivity index (χ1) is 16.1. The van der Waals surface area contributed by atoms with Crippen LogP contribution in [0, 0.1) is 0 Å². The lowest BCUT2D eigenvalue weighted by molar-refractivity contribution is 0.313. The van der Waals surface area contributed by atoms with Gasteiger partial charge in [0.2, 0.25) is 0 Å². The number of aromatic amines is 1. The van der Waals surface area contributed by atoms with Gasteiger partial charge in [0.05, 0.1) is 5.39 Å². The summed E-state index contributed by atoms with van der Waals surface area (Å²) in [7, 11) is 2.16. The Labute approximate surface area is 194 Å². The molecule has 5 N–H and O–H groups in total. The first-order valence-electron chi connectivity index (χ1n) is 11.9. The van der Waals surface area contributed by atoms with Crippen LogP contribution in [0.4, 0.5) is 23.0 Å². The van der Waals surface area contributed by atoms with E-state index >= 15 is 0 Å². The van der Waals surface area contributed by atoms with E-state index in [1.165, 1.54) is 18.5 Å². The monoisotopic (exact) mass is 447 g/mol. The van der Waals surface area contributed by atoms with Crippen LogP contribution in [0.1, 0.15) is 25.7 Å². The summed E-state index contributed by atoms with van der Waals surface area (Å²) < 4.78 is 0. The molecule has 33 heavy (non-hydrogen) atoms. The van der Waals surface area contributed by atoms with Crippen molar-refractivity contribution in [3.63, 3.8) is 0 Å². The second kappa shape index (κ2) is 9.41. The number of aromatic nitrogens is 2. The molecule has 174 valence electrons. The largest absolute Gasteiger partial charge is 0.369 e. The SMILES string of the molecule is CN1CCN(c2ccc(Nc3nc(N[C@H]4CCCC[C@@H]4N)cc4cc[nH]c(=O)c34)cc2)CC1. The quantitative estimate of drug-likeness (QED) is 0.477. The van der Waals surface area contributed by atoms with Gasteiger partial charge in [-0.2, -0.15) is 0 Å². The highest BCUT2D eigenvalue weighted by atomic mass is 16.1. The van der Waals surface area contributed by atoms with Gasteiger partial charge in [-0.1, -0.05) is 12.8 Å². The topological polar surface area (TPSA) is 102 Å². The van der Waals surface area contributed by atoms with Crippen LogP contribution in [0.5, 0.6) is 0 Å². The van der Waals surface area contributed by atoms with Crippen molar-refractivity contribution in [2.45, 2.75) is 37.8 Å². The van der Waals surface area contributed by atoms with E-state index in [1.54, 1.807) is 6.20 Å². The molecule has 0 bridgehead atoms. The Kier molecular flexibility index (Phi) is 6.20. The Balaban J connectivity index is 1.41. The Morgan fingerprint density at radius 3 is 2.58 bits per heavy atom. The highest BCUT2D eigenvalue weighted by Gasteiger charge is 2.22. The second-order valence-corrected chi connectivity index (χ2v) is 9.29. The van der Waals surface area contributed by atoms with Crippen LogP contribution in [-0.4, -0.2) is 60.2 Å². The van der Waals surface area contributed by atoms with Gasteiger partial charge in [0.25, 0.3) is 5.56 Å². The summed E-state index contributed by atoms with van der Waals surface area (Å²) in [5.74, 6) is 1.29. The first-order valence-corrected chi connectivity index (χ1v) is 11.9. The second-order valence-electron chi connectivity index (χ2n) is 9.29. The van der Waals surface area contributed by atoms with Crippen LogP contribution in [0.25, 0.3) is 10.8 Å². The molecule has 0 unspecified atom stereocenters. The summed E-state index contributed by atoms with van der Waals surface area (Å²) in [6, 6.07) is 12.5. The average molecular weight is 448 g/mol. The third kappa shape index (κ3) is 4.82. The van der Waals surface area contributed by atoms with Gasteiger partial charge in [-0.15, -0.1) is 0 Å². The lowest BCUT2D eigenvalue weighted by atomic mass is 9.91. The summed E-state index contributed by atoms with van der Waals surface area (Å²) in [5, 5.41) is 8.31. The average Bonchev–Trinajstić information content (AvgIpc) is 2.82. The van der Waals surface area contributed by atoms with E-state index in [-0.39, 0.29) is 17.6 Å². The molecule has 2 fully saturated rings. The van der Waals surface area contributed by atoms with Crippen molar-refractivity contribution in [2.75, 3.05) is 48.8 Å². The number of nitrogens with zero attached hydrogens (tertiary/aromatic N) is 3. The predicted molar refractivity (Wildman–Crippen MR) is 136 cm³/mol. The van der Waals surface area contributed by atoms with Crippen LogP contribution in [0.3, 0.4) is 0 Å². The van der Waals surface area contributed by atoms with E-state index in [4.69, 9.17) is 10.7 Å². The number of fused-ring (bicyclic) bond motifs is 1. The van der Waals surface area contributed by atoms with Crippen molar-refractivity contribution in [1.29, 1.82) is 0 Å². The van der Waals surface area contributed by atoms with Crippen molar-refractivity contribution in [1.82, 2.24) is 14.9 Å². The van der Waals surface area contributed by atoms with Crippen molar-refractivity contribution in [2.24, 2.45) is 5.73 Å². The van der Waals surface area contributed by atoms with Gasteiger partial charge in [0.15, 0.2) is 0 Å². The van der Waals surface area contributed by atoms with E-state index in [9.17, 15) is 4.79 Å². The predicted octanol–water partition coefficient (Wildman–Crippen LogP) is 3.10. The Morgan fingerprint density at radius 2 is 1.82 bits per heavy atom. The molecule has 0 radical (unpaired) electrons. The number of H-pyrrole nitrogens is 1. The summed E-state index contributed by atoms with van der Waals surface area (Å²) in [5.41, 5.74) is 8.30. The molecule has 2 atom stereocenters. The van der Waals surface area contributed by atoms with E-state index in [2.05, 4.69) is 56.7 Å². The number of benzene rings is 1. The van der Waals surface area contributed by atoms with Crippen molar-refractivity contribution in [3.05, 3.63) is 52.9 Å². The molecule has 2 aromatic heterocycles. The lowest BCUT2D eigenvalue weighted by Gasteiger charge is -2.34. The van der Waals surface area contributed by atoms with Gasteiger partial charge >= 0.3 is 0 Å². The number of likely N-dealkylation sites (N-methyl/N-ethyl adjacent to an activating group) is 1. The summed E-state index contributed by atoms with van der Waals surface area (Å²) >= 11 is 0. The Bertz CT molecular complexity index is 1150. The number of rotatable bonds is 5. The minimum absolute atomic E-state index is 0.119. The molecule has 8 nitrogen and oxygen atoms in total. The maximum Gasteiger partial charge on any atom is 0.259 e. The summed E-state index contributed by atoms with van der Waals surface area (Å²) in [4.78, 5) is 25.0. The molecule has 5 rings (SSSR count). The fourth-order valence-electron chi connectivity index (χ4n) is 4.86. The van der Waals surface area contributed by atoms with Gasteiger partial charge in [0.1, 0.15) is 11.6 Å². The Hall–Kier alpha value is -3.10. The van der Waals surface area contributed by atoms with Crippen molar-refractivity contribution < 1.29 is 0 Å². The maximum absolute atomic E-state index is 12.6. The third-order valence-electron chi connectivity index (χ3n) is 6.91. The molecule has 3 aromatic rings. The number of piperazine rings is 1. The van der Waals surface area contributed by atoms with E-state index in [1.807, 2.05) is 12.1 Å².